The lowest BCUT2D eigenvalue weighted by molar-refractivity contribution is -0.901. The molecule has 1 aliphatic carbocycles. The first-order valence-corrected chi connectivity index (χ1v) is 8.77. The minimum Gasteiger partial charge on any atom is -0.334 e. The van der Waals surface area contributed by atoms with E-state index in [4.69, 9.17) is 0 Å². The summed E-state index contributed by atoms with van der Waals surface area (Å²) in [6, 6.07) is 5.92. The number of quaternary nitrogens is 1. The number of benzene rings is 1. The van der Waals surface area contributed by atoms with Crippen molar-refractivity contribution in [2.24, 2.45) is 5.92 Å². The Kier molecular flexibility index (Phi) is 6.24. The van der Waals surface area contributed by atoms with E-state index in [0.717, 1.165) is 28.2 Å². The molecule has 3 nitrogen and oxygen atoms in total. The Morgan fingerprint density at radius 3 is 2.76 bits per heavy atom. The van der Waals surface area contributed by atoms with E-state index >= 15 is 0 Å². The average molecular weight is 354 g/mol. The lowest BCUT2D eigenvalue weighted by atomic mass is 10.2. The van der Waals surface area contributed by atoms with Gasteiger partial charge in [0.05, 0.1) is 26.1 Å². The molecule has 1 aromatic carbocycles. The van der Waals surface area contributed by atoms with Crippen LogP contribution in [0.4, 0.5) is 5.69 Å². The molecule has 4 heteroatoms. The zero-order valence-corrected chi connectivity index (χ0v) is 14.6. The van der Waals surface area contributed by atoms with Crippen LogP contribution in [0, 0.1) is 12.8 Å². The number of carbonyl (C=O) groups excluding carboxylic acids is 1. The van der Waals surface area contributed by atoms with Gasteiger partial charge < -0.3 is 10.2 Å². The van der Waals surface area contributed by atoms with Crippen LogP contribution in [-0.4, -0.2) is 25.5 Å². The summed E-state index contributed by atoms with van der Waals surface area (Å²) in [6.07, 6.45) is 4.57. The van der Waals surface area contributed by atoms with Crippen molar-refractivity contribution in [1.29, 1.82) is 0 Å². The quantitative estimate of drug-likeness (QED) is 0.740. The second-order valence-electron chi connectivity index (χ2n) is 6.16. The van der Waals surface area contributed by atoms with E-state index in [-0.39, 0.29) is 5.91 Å². The van der Waals surface area contributed by atoms with Gasteiger partial charge in [0.2, 0.25) is 5.91 Å². The van der Waals surface area contributed by atoms with Crippen molar-refractivity contribution >= 4 is 27.5 Å². The van der Waals surface area contributed by atoms with Crippen molar-refractivity contribution in [2.75, 3.05) is 25.0 Å². The standard InChI is InChI=1S/C17H25BrN2O/c1-3-9-20(12-14-4-5-14)10-8-17(21)19-15-6-7-16(18)13(2)11-15/h6-7,11,14H,3-5,8-10,12H2,1-2H3,(H,19,21)/p+1. The van der Waals surface area contributed by atoms with Crippen molar-refractivity contribution in [1.82, 2.24) is 0 Å². The molecule has 0 bridgehead atoms. The number of aryl methyl sites for hydroxylation is 1. The molecule has 21 heavy (non-hydrogen) atoms. The summed E-state index contributed by atoms with van der Waals surface area (Å²) in [5.41, 5.74) is 2.03. The fourth-order valence-electron chi connectivity index (χ4n) is 2.65. The summed E-state index contributed by atoms with van der Waals surface area (Å²) >= 11 is 3.48. The van der Waals surface area contributed by atoms with Crippen LogP contribution in [0.2, 0.25) is 0 Å². The highest BCUT2D eigenvalue weighted by molar-refractivity contribution is 9.10. The van der Waals surface area contributed by atoms with Crippen LogP contribution in [0.3, 0.4) is 0 Å². The van der Waals surface area contributed by atoms with Gasteiger partial charge in [-0.25, -0.2) is 0 Å². The van der Waals surface area contributed by atoms with Gasteiger partial charge in [-0.3, -0.25) is 4.79 Å². The molecule has 1 saturated carbocycles. The summed E-state index contributed by atoms with van der Waals surface area (Å²) in [5.74, 6) is 1.05. The molecular weight excluding hydrogens is 328 g/mol. The second-order valence-corrected chi connectivity index (χ2v) is 7.01. The third-order valence-corrected chi connectivity index (χ3v) is 4.91. The van der Waals surface area contributed by atoms with Crippen molar-refractivity contribution in [3.05, 3.63) is 28.2 Å². The van der Waals surface area contributed by atoms with E-state index in [1.807, 2.05) is 25.1 Å². The fourth-order valence-corrected chi connectivity index (χ4v) is 2.90. The van der Waals surface area contributed by atoms with E-state index in [1.165, 1.54) is 32.4 Å². The molecule has 0 aromatic heterocycles. The Balaban J connectivity index is 1.78. The van der Waals surface area contributed by atoms with Crippen LogP contribution in [-0.2, 0) is 4.79 Å². The summed E-state index contributed by atoms with van der Waals surface area (Å²) in [7, 11) is 0. The topological polar surface area (TPSA) is 33.5 Å². The molecular formula is C17H26BrN2O+. The van der Waals surface area contributed by atoms with Gasteiger partial charge in [-0.15, -0.1) is 0 Å². The number of halogens is 1. The van der Waals surface area contributed by atoms with E-state index in [0.29, 0.717) is 6.42 Å². The Hall–Kier alpha value is -0.870. The summed E-state index contributed by atoms with van der Waals surface area (Å²) in [6.45, 7) is 7.63. The largest absolute Gasteiger partial charge is 0.334 e. The van der Waals surface area contributed by atoms with Gasteiger partial charge in [0.15, 0.2) is 0 Å². The predicted molar refractivity (Wildman–Crippen MR) is 90.7 cm³/mol. The van der Waals surface area contributed by atoms with Gasteiger partial charge in [0, 0.05) is 16.1 Å². The Morgan fingerprint density at radius 1 is 1.38 bits per heavy atom. The smallest absolute Gasteiger partial charge is 0.230 e. The van der Waals surface area contributed by atoms with Crippen molar-refractivity contribution in [3.63, 3.8) is 0 Å². The first-order valence-electron chi connectivity index (χ1n) is 7.98. The molecule has 2 rings (SSSR count). The van der Waals surface area contributed by atoms with Crippen molar-refractivity contribution in [3.8, 4) is 0 Å². The van der Waals surface area contributed by atoms with Gasteiger partial charge in [-0.1, -0.05) is 22.9 Å². The molecule has 2 N–H and O–H groups in total. The Morgan fingerprint density at radius 2 is 2.14 bits per heavy atom. The highest BCUT2D eigenvalue weighted by atomic mass is 79.9. The Bertz CT molecular complexity index is 486. The van der Waals surface area contributed by atoms with Crippen molar-refractivity contribution in [2.45, 2.75) is 39.5 Å². The molecule has 1 atom stereocenters. The minimum absolute atomic E-state index is 0.126. The van der Waals surface area contributed by atoms with Gasteiger partial charge in [0.1, 0.15) is 0 Å². The molecule has 1 amide bonds. The van der Waals surface area contributed by atoms with Crippen LogP contribution < -0.4 is 10.2 Å². The molecule has 1 fully saturated rings. The number of rotatable bonds is 8. The molecule has 0 heterocycles. The summed E-state index contributed by atoms with van der Waals surface area (Å²) in [5, 5.41) is 3.00. The first-order chi connectivity index (χ1) is 10.1. The zero-order chi connectivity index (χ0) is 15.2. The lowest BCUT2D eigenvalue weighted by Gasteiger charge is -2.18. The van der Waals surface area contributed by atoms with Crippen LogP contribution in [0.25, 0.3) is 0 Å². The monoisotopic (exact) mass is 353 g/mol. The molecule has 1 unspecified atom stereocenters. The molecule has 0 saturated heterocycles. The summed E-state index contributed by atoms with van der Waals surface area (Å²) < 4.78 is 1.07. The third-order valence-electron chi connectivity index (χ3n) is 4.03. The van der Waals surface area contributed by atoms with Crippen molar-refractivity contribution < 1.29 is 9.69 Å². The fraction of sp³-hybridized carbons (Fsp3) is 0.588. The zero-order valence-electron chi connectivity index (χ0n) is 13.0. The molecule has 0 spiro atoms. The SMILES string of the molecule is CCC[NH+](CCC(=O)Nc1ccc(Br)c(C)c1)CC1CC1. The van der Waals surface area contributed by atoms with E-state index in [2.05, 4.69) is 28.2 Å². The lowest BCUT2D eigenvalue weighted by Crippen LogP contribution is -3.12. The van der Waals surface area contributed by atoms with E-state index in [1.54, 1.807) is 4.90 Å². The molecule has 1 aliphatic rings. The van der Waals surface area contributed by atoms with Gasteiger partial charge in [0.25, 0.3) is 0 Å². The first kappa shape index (κ1) is 16.5. The highest BCUT2D eigenvalue weighted by Gasteiger charge is 2.26. The van der Waals surface area contributed by atoms with Crippen LogP contribution >= 0.6 is 15.9 Å². The van der Waals surface area contributed by atoms with Gasteiger partial charge >= 0.3 is 0 Å². The number of hydrogen-bond donors (Lipinski definition) is 2. The number of nitrogens with one attached hydrogen (secondary N) is 2. The number of carbonyl (C=O) groups is 1. The minimum atomic E-state index is 0.126. The van der Waals surface area contributed by atoms with Gasteiger partial charge in [-0.2, -0.15) is 0 Å². The third kappa shape index (κ3) is 5.79. The molecule has 0 aliphatic heterocycles. The van der Waals surface area contributed by atoms with Crippen LogP contribution in [0.1, 0.15) is 38.2 Å². The number of amides is 1. The Labute approximate surface area is 136 Å². The van der Waals surface area contributed by atoms with E-state index < -0.39 is 0 Å². The number of anilines is 1. The second kappa shape index (κ2) is 7.95. The van der Waals surface area contributed by atoms with Gasteiger partial charge in [-0.05, 0) is 49.9 Å². The molecule has 116 valence electrons. The molecule has 0 radical (unpaired) electrons. The average Bonchev–Trinajstić information content (AvgIpc) is 3.24. The normalized spacial score (nSPS) is 15.8. The highest BCUT2D eigenvalue weighted by Crippen LogP contribution is 2.26. The van der Waals surface area contributed by atoms with Crippen LogP contribution in [0.5, 0.6) is 0 Å². The maximum absolute atomic E-state index is 12.1. The van der Waals surface area contributed by atoms with E-state index in [9.17, 15) is 4.79 Å². The number of hydrogen-bond acceptors (Lipinski definition) is 1. The maximum Gasteiger partial charge on any atom is 0.230 e. The summed E-state index contributed by atoms with van der Waals surface area (Å²) in [4.78, 5) is 13.7. The maximum atomic E-state index is 12.1. The predicted octanol–water partition coefficient (Wildman–Crippen LogP) is 2.79. The van der Waals surface area contributed by atoms with Crippen LogP contribution in [0.15, 0.2) is 22.7 Å². The molecule has 1 aromatic rings.